The molecule has 0 N–H and O–H groups in total. The Morgan fingerprint density at radius 2 is 1.72 bits per heavy atom. The number of hydrogen-bond donors (Lipinski definition) is 0. The maximum atomic E-state index is 5.40. The minimum Gasteiger partial charge on any atom is -0.378 e. The maximum absolute atomic E-state index is 5.40. The van der Waals surface area contributed by atoms with Crippen LogP contribution in [0.3, 0.4) is 0 Å². The Kier molecular flexibility index (Phi) is 3.96. The summed E-state index contributed by atoms with van der Waals surface area (Å²) in [4.78, 5) is 6.91. The van der Waals surface area contributed by atoms with Gasteiger partial charge in [-0.25, -0.2) is 9.50 Å². The first-order valence-corrected chi connectivity index (χ1v) is 8.79. The summed E-state index contributed by atoms with van der Waals surface area (Å²) < 4.78 is 7.37. The van der Waals surface area contributed by atoms with E-state index >= 15 is 0 Å². The van der Waals surface area contributed by atoms with Crippen molar-refractivity contribution in [3.63, 3.8) is 0 Å². The van der Waals surface area contributed by atoms with E-state index in [1.165, 1.54) is 5.56 Å². The van der Waals surface area contributed by atoms with Gasteiger partial charge in [-0.1, -0.05) is 26.8 Å². The van der Waals surface area contributed by atoms with E-state index in [-0.39, 0.29) is 5.41 Å². The van der Waals surface area contributed by atoms with E-state index in [0.29, 0.717) is 0 Å². The molecule has 0 amide bonds. The molecule has 130 valence electrons. The van der Waals surface area contributed by atoms with Gasteiger partial charge < -0.3 is 9.64 Å². The Morgan fingerprint density at radius 1 is 0.960 bits per heavy atom. The fourth-order valence-corrected chi connectivity index (χ4v) is 3.27. The summed E-state index contributed by atoms with van der Waals surface area (Å²) in [6.45, 7) is 10.00. The number of fused-ring (bicyclic) bond motifs is 1. The molecule has 4 heterocycles. The van der Waals surface area contributed by atoms with Gasteiger partial charge in [-0.05, 0) is 23.6 Å². The minimum atomic E-state index is 0.0879. The second kappa shape index (κ2) is 6.15. The molecule has 0 radical (unpaired) electrons. The van der Waals surface area contributed by atoms with Crippen molar-refractivity contribution >= 4 is 11.3 Å². The van der Waals surface area contributed by atoms with Crippen molar-refractivity contribution in [1.82, 2.24) is 14.6 Å². The lowest BCUT2D eigenvalue weighted by molar-refractivity contribution is 0.122. The molecule has 3 aromatic heterocycles. The second-order valence-corrected chi connectivity index (χ2v) is 7.56. The highest BCUT2D eigenvalue weighted by Gasteiger charge is 2.19. The predicted octanol–water partition coefficient (Wildman–Crippen LogP) is 3.53. The topological polar surface area (TPSA) is 42.7 Å². The van der Waals surface area contributed by atoms with E-state index in [0.717, 1.165) is 48.8 Å². The number of rotatable bonds is 2. The predicted molar refractivity (Wildman–Crippen MR) is 100 cm³/mol. The minimum absolute atomic E-state index is 0.0879. The number of ether oxygens (including phenoxy) is 1. The van der Waals surface area contributed by atoms with Crippen LogP contribution in [-0.4, -0.2) is 40.9 Å². The van der Waals surface area contributed by atoms with Crippen LogP contribution in [0.5, 0.6) is 0 Å². The molecule has 1 aliphatic heterocycles. The van der Waals surface area contributed by atoms with Crippen molar-refractivity contribution in [2.75, 3.05) is 31.2 Å². The normalized spacial score (nSPS) is 15.7. The molecule has 0 atom stereocenters. The largest absolute Gasteiger partial charge is 0.378 e. The number of hydrogen-bond acceptors (Lipinski definition) is 4. The SMILES string of the molecule is CC(C)(C)c1cnn2cc(-c3ccc(N4CCOCC4)nc3)ccc12. The van der Waals surface area contributed by atoms with Crippen molar-refractivity contribution < 1.29 is 4.74 Å². The average Bonchev–Trinajstić information content (AvgIpc) is 3.06. The lowest BCUT2D eigenvalue weighted by Crippen LogP contribution is -2.36. The van der Waals surface area contributed by atoms with Gasteiger partial charge in [-0.15, -0.1) is 0 Å². The van der Waals surface area contributed by atoms with E-state index < -0.39 is 0 Å². The number of aromatic nitrogens is 3. The van der Waals surface area contributed by atoms with Gasteiger partial charge >= 0.3 is 0 Å². The number of anilines is 1. The first kappa shape index (κ1) is 16.1. The van der Waals surface area contributed by atoms with Gasteiger partial charge in [0, 0.05) is 42.2 Å². The summed E-state index contributed by atoms with van der Waals surface area (Å²) in [6, 6.07) is 8.53. The zero-order valence-corrected chi connectivity index (χ0v) is 15.1. The van der Waals surface area contributed by atoms with Crippen molar-refractivity contribution in [1.29, 1.82) is 0 Å². The third-order valence-electron chi connectivity index (χ3n) is 4.74. The molecule has 4 rings (SSSR count). The smallest absolute Gasteiger partial charge is 0.128 e. The Balaban J connectivity index is 1.63. The lowest BCUT2D eigenvalue weighted by Gasteiger charge is -2.27. The molecule has 0 aromatic carbocycles. The molecule has 5 heteroatoms. The van der Waals surface area contributed by atoms with Gasteiger partial charge in [-0.3, -0.25) is 0 Å². The molecule has 0 unspecified atom stereocenters. The van der Waals surface area contributed by atoms with Crippen LogP contribution in [0, 0.1) is 0 Å². The summed E-state index contributed by atoms with van der Waals surface area (Å²) in [5.74, 6) is 1.02. The Labute approximate surface area is 148 Å². The van der Waals surface area contributed by atoms with Crippen LogP contribution in [0.15, 0.2) is 42.9 Å². The van der Waals surface area contributed by atoms with E-state index in [4.69, 9.17) is 4.74 Å². The van der Waals surface area contributed by atoms with Crippen LogP contribution in [0.4, 0.5) is 5.82 Å². The van der Waals surface area contributed by atoms with Crippen LogP contribution in [0.25, 0.3) is 16.6 Å². The van der Waals surface area contributed by atoms with Crippen molar-refractivity contribution in [3.8, 4) is 11.1 Å². The molecule has 5 nitrogen and oxygen atoms in total. The van der Waals surface area contributed by atoms with Crippen molar-refractivity contribution in [2.24, 2.45) is 0 Å². The zero-order chi connectivity index (χ0) is 17.4. The summed E-state index contributed by atoms with van der Waals surface area (Å²) in [7, 11) is 0. The molecule has 0 aliphatic carbocycles. The van der Waals surface area contributed by atoms with Crippen LogP contribution in [-0.2, 0) is 10.2 Å². The number of nitrogens with zero attached hydrogens (tertiary/aromatic N) is 4. The molecular weight excluding hydrogens is 312 g/mol. The Bertz CT molecular complexity index is 871. The third-order valence-corrected chi connectivity index (χ3v) is 4.74. The van der Waals surface area contributed by atoms with E-state index in [9.17, 15) is 0 Å². The lowest BCUT2D eigenvalue weighted by atomic mass is 9.88. The molecule has 1 fully saturated rings. The molecule has 1 saturated heterocycles. The van der Waals surface area contributed by atoms with Crippen molar-refractivity contribution in [3.05, 3.63) is 48.4 Å². The van der Waals surface area contributed by atoms with Gasteiger partial charge in [0.25, 0.3) is 0 Å². The quantitative estimate of drug-likeness (QED) is 0.718. The van der Waals surface area contributed by atoms with Gasteiger partial charge in [0.05, 0.1) is 24.9 Å². The van der Waals surface area contributed by atoms with Gasteiger partial charge in [-0.2, -0.15) is 5.10 Å². The number of morpholine rings is 1. The highest BCUT2D eigenvalue weighted by Crippen LogP contribution is 2.28. The van der Waals surface area contributed by atoms with E-state index in [2.05, 4.69) is 66.2 Å². The average molecular weight is 336 g/mol. The molecule has 1 aliphatic rings. The maximum Gasteiger partial charge on any atom is 0.128 e. The molecule has 0 bridgehead atoms. The molecular formula is C20H24N4O. The number of pyridine rings is 2. The van der Waals surface area contributed by atoms with Crippen LogP contribution < -0.4 is 4.90 Å². The summed E-state index contributed by atoms with van der Waals surface area (Å²) in [5, 5.41) is 4.54. The highest BCUT2D eigenvalue weighted by atomic mass is 16.5. The summed E-state index contributed by atoms with van der Waals surface area (Å²) >= 11 is 0. The highest BCUT2D eigenvalue weighted by molar-refractivity contribution is 5.67. The van der Waals surface area contributed by atoms with E-state index in [1.807, 2.05) is 16.9 Å². The Morgan fingerprint density at radius 3 is 2.40 bits per heavy atom. The molecule has 0 saturated carbocycles. The molecule has 3 aromatic rings. The van der Waals surface area contributed by atoms with Crippen LogP contribution >= 0.6 is 0 Å². The monoisotopic (exact) mass is 336 g/mol. The molecule has 0 spiro atoms. The second-order valence-electron chi connectivity index (χ2n) is 7.56. The first-order valence-electron chi connectivity index (χ1n) is 8.79. The van der Waals surface area contributed by atoms with E-state index in [1.54, 1.807) is 0 Å². The van der Waals surface area contributed by atoms with Gasteiger partial charge in [0.15, 0.2) is 0 Å². The van der Waals surface area contributed by atoms with Crippen LogP contribution in [0.1, 0.15) is 26.3 Å². The van der Waals surface area contributed by atoms with Crippen molar-refractivity contribution in [2.45, 2.75) is 26.2 Å². The van der Waals surface area contributed by atoms with Crippen LogP contribution in [0.2, 0.25) is 0 Å². The van der Waals surface area contributed by atoms with Gasteiger partial charge in [0.2, 0.25) is 0 Å². The summed E-state index contributed by atoms with van der Waals surface area (Å²) in [6.07, 6.45) is 6.00. The molecule has 25 heavy (non-hydrogen) atoms. The zero-order valence-electron chi connectivity index (χ0n) is 15.1. The van der Waals surface area contributed by atoms with Gasteiger partial charge in [0.1, 0.15) is 5.82 Å². The fourth-order valence-electron chi connectivity index (χ4n) is 3.27. The fraction of sp³-hybridized carbons (Fsp3) is 0.400. The standard InChI is InChI=1S/C20H24N4O/c1-20(2,3)17-13-22-24-14-16(4-6-18(17)24)15-5-7-19(21-12-15)23-8-10-25-11-9-23/h4-7,12-14H,8-11H2,1-3H3. The summed E-state index contributed by atoms with van der Waals surface area (Å²) in [5.41, 5.74) is 4.74. The third kappa shape index (κ3) is 3.12. The Hall–Kier alpha value is -2.40. The first-order chi connectivity index (χ1) is 12.0.